The lowest BCUT2D eigenvalue weighted by atomic mass is 10.1. The van der Waals surface area contributed by atoms with Crippen molar-refractivity contribution in [1.29, 1.82) is 0 Å². The number of nitrogens with one attached hydrogen (secondary N) is 1. The monoisotopic (exact) mass is 329 g/mol. The van der Waals surface area contributed by atoms with E-state index < -0.39 is 0 Å². The first-order chi connectivity index (χ1) is 11.6. The van der Waals surface area contributed by atoms with Crippen molar-refractivity contribution < 1.29 is 14.0 Å². The minimum absolute atomic E-state index is 0.123. The minimum atomic E-state index is -0.197. The molecule has 8 heteroatoms. The van der Waals surface area contributed by atoms with Crippen LogP contribution in [0.25, 0.3) is 0 Å². The molecule has 1 atom stereocenters. The molecular weight excluding hydrogens is 310 g/mol. The van der Waals surface area contributed by atoms with Crippen molar-refractivity contribution in [3.05, 3.63) is 41.6 Å². The van der Waals surface area contributed by atoms with Gasteiger partial charge in [-0.3, -0.25) is 9.59 Å². The van der Waals surface area contributed by atoms with Crippen LogP contribution in [0.5, 0.6) is 0 Å². The molecule has 1 N–H and O–H groups in total. The second-order valence-corrected chi connectivity index (χ2v) is 5.76. The molecule has 0 aromatic carbocycles. The van der Waals surface area contributed by atoms with E-state index in [-0.39, 0.29) is 23.6 Å². The van der Waals surface area contributed by atoms with E-state index >= 15 is 0 Å². The lowest BCUT2D eigenvalue weighted by Gasteiger charge is -2.25. The van der Waals surface area contributed by atoms with Gasteiger partial charge in [0.05, 0.1) is 17.9 Å². The van der Waals surface area contributed by atoms with E-state index in [2.05, 4.69) is 20.3 Å². The average Bonchev–Trinajstić information content (AvgIpc) is 3.24. The van der Waals surface area contributed by atoms with Crippen LogP contribution in [-0.2, 0) is 11.3 Å². The topological polar surface area (TPSA) is 101 Å². The molecule has 0 spiro atoms. The van der Waals surface area contributed by atoms with Gasteiger partial charge < -0.3 is 14.6 Å². The summed E-state index contributed by atoms with van der Waals surface area (Å²) in [4.78, 5) is 38.2. The van der Waals surface area contributed by atoms with Crippen LogP contribution in [-0.4, -0.2) is 38.2 Å². The number of aromatic nitrogens is 3. The van der Waals surface area contributed by atoms with Crippen molar-refractivity contribution >= 4 is 11.8 Å². The molecule has 0 bridgehead atoms. The summed E-state index contributed by atoms with van der Waals surface area (Å²) < 4.78 is 5.13. The summed E-state index contributed by atoms with van der Waals surface area (Å²) >= 11 is 0. The fourth-order valence-corrected chi connectivity index (χ4v) is 2.91. The number of amides is 2. The number of oxazole rings is 1. The van der Waals surface area contributed by atoms with Gasteiger partial charge in [0, 0.05) is 31.8 Å². The second-order valence-electron chi connectivity index (χ2n) is 5.76. The molecule has 24 heavy (non-hydrogen) atoms. The van der Waals surface area contributed by atoms with Gasteiger partial charge in [0.25, 0.3) is 5.91 Å². The predicted molar refractivity (Wildman–Crippen MR) is 83.8 cm³/mol. The maximum atomic E-state index is 12.6. The van der Waals surface area contributed by atoms with E-state index in [0.29, 0.717) is 18.9 Å². The summed E-state index contributed by atoms with van der Waals surface area (Å²) in [7, 11) is 0. The highest BCUT2D eigenvalue weighted by Gasteiger charge is 2.34. The molecule has 3 heterocycles. The maximum Gasteiger partial charge on any atom is 0.291 e. The van der Waals surface area contributed by atoms with E-state index in [1.807, 2.05) is 6.92 Å². The van der Waals surface area contributed by atoms with Crippen LogP contribution in [0.2, 0.25) is 0 Å². The highest BCUT2D eigenvalue weighted by molar-refractivity contribution is 5.91. The van der Waals surface area contributed by atoms with Crippen LogP contribution in [0.15, 0.2) is 23.2 Å². The summed E-state index contributed by atoms with van der Waals surface area (Å²) in [6.45, 7) is 4.24. The van der Waals surface area contributed by atoms with E-state index in [1.165, 1.54) is 19.5 Å². The van der Waals surface area contributed by atoms with Crippen LogP contribution < -0.4 is 5.32 Å². The second kappa shape index (κ2) is 6.77. The number of carbonyl (C=O) groups is 2. The molecule has 2 amide bonds. The van der Waals surface area contributed by atoms with Crippen LogP contribution in [0.4, 0.5) is 0 Å². The Balaban J connectivity index is 1.90. The quantitative estimate of drug-likeness (QED) is 0.909. The van der Waals surface area contributed by atoms with Crippen LogP contribution in [0, 0.1) is 6.92 Å². The molecule has 0 aliphatic carbocycles. The minimum Gasteiger partial charge on any atom is -0.438 e. The number of carbonyl (C=O) groups excluding carboxylic acids is 2. The first kappa shape index (κ1) is 16.1. The van der Waals surface area contributed by atoms with Crippen molar-refractivity contribution in [3.8, 4) is 0 Å². The highest BCUT2D eigenvalue weighted by atomic mass is 16.3. The lowest BCUT2D eigenvalue weighted by molar-refractivity contribution is -0.119. The Kier molecular flexibility index (Phi) is 4.54. The molecule has 2 aromatic rings. The lowest BCUT2D eigenvalue weighted by Crippen LogP contribution is -2.32. The zero-order chi connectivity index (χ0) is 17.1. The Labute approximate surface area is 139 Å². The average molecular weight is 329 g/mol. The van der Waals surface area contributed by atoms with Crippen molar-refractivity contribution in [1.82, 2.24) is 25.2 Å². The number of aryl methyl sites for hydroxylation is 1. The smallest absolute Gasteiger partial charge is 0.291 e. The molecule has 1 aliphatic heterocycles. The van der Waals surface area contributed by atoms with E-state index in [0.717, 1.165) is 24.1 Å². The van der Waals surface area contributed by atoms with Crippen LogP contribution in [0.3, 0.4) is 0 Å². The van der Waals surface area contributed by atoms with Gasteiger partial charge in [0.1, 0.15) is 5.82 Å². The standard InChI is InChI=1S/C16H19N5O3/c1-10-18-6-12(7-19-11(2)22)15(20-10)13-4-3-5-21(13)16(23)14-8-17-9-24-14/h6,8-9,13H,3-5,7H2,1-2H3,(H,19,22)/t13-/m0/s1. The van der Waals surface area contributed by atoms with Gasteiger partial charge in [-0.25, -0.2) is 15.0 Å². The first-order valence-corrected chi connectivity index (χ1v) is 7.82. The summed E-state index contributed by atoms with van der Waals surface area (Å²) in [6, 6.07) is -0.159. The molecule has 126 valence electrons. The highest BCUT2D eigenvalue weighted by Crippen LogP contribution is 2.33. The molecule has 8 nitrogen and oxygen atoms in total. The number of hydrogen-bond acceptors (Lipinski definition) is 6. The molecule has 1 saturated heterocycles. The Bertz CT molecular complexity index is 744. The van der Waals surface area contributed by atoms with Gasteiger partial charge in [0.15, 0.2) is 6.39 Å². The van der Waals surface area contributed by atoms with Gasteiger partial charge >= 0.3 is 0 Å². The molecule has 0 radical (unpaired) electrons. The Hall–Kier alpha value is -2.77. The Morgan fingerprint density at radius 2 is 2.25 bits per heavy atom. The predicted octanol–water partition coefficient (Wildman–Crippen LogP) is 1.39. The van der Waals surface area contributed by atoms with Gasteiger partial charge in [-0.05, 0) is 19.8 Å². The molecular formula is C16H19N5O3. The zero-order valence-corrected chi connectivity index (χ0v) is 13.7. The molecule has 1 fully saturated rings. The van der Waals surface area contributed by atoms with Gasteiger partial charge in [-0.1, -0.05) is 0 Å². The van der Waals surface area contributed by atoms with Crippen molar-refractivity contribution in [2.75, 3.05) is 6.54 Å². The van der Waals surface area contributed by atoms with Gasteiger partial charge in [-0.15, -0.1) is 0 Å². The van der Waals surface area contributed by atoms with Crippen molar-refractivity contribution in [2.24, 2.45) is 0 Å². The molecule has 2 aromatic heterocycles. The SMILES string of the molecule is CC(=O)NCc1cnc(C)nc1[C@@H]1CCCN1C(=O)c1cnco1. The molecule has 0 unspecified atom stereocenters. The van der Waals surface area contributed by atoms with Gasteiger partial charge in [-0.2, -0.15) is 0 Å². The first-order valence-electron chi connectivity index (χ1n) is 7.82. The third-order valence-electron chi connectivity index (χ3n) is 4.02. The summed E-state index contributed by atoms with van der Waals surface area (Å²) in [6.07, 6.45) is 6.07. The van der Waals surface area contributed by atoms with Gasteiger partial charge in [0.2, 0.25) is 11.7 Å². The van der Waals surface area contributed by atoms with Crippen LogP contribution >= 0.6 is 0 Å². The molecule has 3 rings (SSSR count). The normalized spacial score (nSPS) is 17.1. The largest absolute Gasteiger partial charge is 0.438 e. The van der Waals surface area contributed by atoms with E-state index in [9.17, 15) is 9.59 Å². The molecule has 0 saturated carbocycles. The summed E-state index contributed by atoms with van der Waals surface area (Å²) in [5, 5.41) is 2.77. The van der Waals surface area contributed by atoms with E-state index in [1.54, 1.807) is 11.1 Å². The third kappa shape index (κ3) is 3.27. The Morgan fingerprint density at radius 1 is 1.42 bits per heavy atom. The number of hydrogen-bond donors (Lipinski definition) is 1. The zero-order valence-electron chi connectivity index (χ0n) is 13.7. The molecule has 1 aliphatic rings. The summed E-state index contributed by atoms with van der Waals surface area (Å²) in [5.41, 5.74) is 1.60. The van der Waals surface area contributed by atoms with Crippen molar-refractivity contribution in [3.63, 3.8) is 0 Å². The maximum absolute atomic E-state index is 12.6. The van der Waals surface area contributed by atoms with E-state index in [4.69, 9.17) is 4.42 Å². The van der Waals surface area contributed by atoms with Crippen molar-refractivity contribution in [2.45, 2.75) is 39.3 Å². The Morgan fingerprint density at radius 3 is 2.96 bits per heavy atom. The third-order valence-corrected chi connectivity index (χ3v) is 4.02. The number of likely N-dealkylation sites (tertiary alicyclic amines) is 1. The number of rotatable bonds is 4. The number of nitrogens with zero attached hydrogens (tertiary/aromatic N) is 4. The summed E-state index contributed by atoms with van der Waals surface area (Å²) in [5.74, 6) is 0.533. The fraction of sp³-hybridized carbons (Fsp3) is 0.438. The fourth-order valence-electron chi connectivity index (χ4n) is 2.91. The van der Waals surface area contributed by atoms with Crippen LogP contribution in [0.1, 0.15) is 53.4 Å².